The van der Waals surface area contributed by atoms with Crippen LogP contribution in [0.4, 0.5) is 0 Å². The van der Waals surface area contributed by atoms with Gasteiger partial charge in [0.2, 0.25) is 5.91 Å². The smallest absolute Gasteiger partial charge is 0.242 e. The maximum Gasteiger partial charge on any atom is 0.242 e. The molecule has 114 valence electrons. The molecule has 0 radical (unpaired) electrons. The Kier molecular flexibility index (Phi) is 5.98. The first-order chi connectivity index (χ1) is 9.06. The highest BCUT2D eigenvalue weighted by molar-refractivity contribution is 5.85. The molecule has 0 spiro atoms. The number of carbonyl (C=O) groups excluding carboxylic acids is 1. The number of aromatic amines is 1. The molecular weight excluding hydrogens is 280 g/mol. The largest absolute Gasteiger partial charge is 0.383 e. The van der Waals surface area contributed by atoms with Gasteiger partial charge in [0, 0.05) is 24.9 Å². The summed E-state index contributed by atoms with van der Waals surface area (Å²) < 4.78 is 4.97. The number of carbonyl (C=O) groups is 1. The van der Waals surface area contributed by atoms with Crippen molar-refractivity contribution in [1.29, 1.82) is 0 Å². The molecule has 2 heterocycles. The second-order valence-electron chi connectivity index (χ2n) is 5.10. The van der Waals surface area contributed by atoms with E-state index in [1.165, 1.54) is 0 Å². The molecular formula is C13H23ClN4O2. The molecule has 0 bridgehead atoms. The molecule has 1 aliphatic rings. The molecule has 2 atom stereocenters. The highest BCUT2D eigenvalue weighted by Crippen LogP contribution is 2.35. The standard InChI is InChI=1S/C13H22N4O2.ClH/c1-8-12(9(2)16-15-8)11-5-4-6-17(11)13(18)10(14)7-19-3;/h10-11H,4-7,14H2,1-3H3,(H,15,16);1H. The Labute approximate surface area is 125 Å². The van der Waals surface area contributed by atoms with Crippen molar-refractivity contribution in [1.82, 2.24) is 15.1 Å². The average molecular weight is 303 g/mol. The monoisotopic (exact) mass is 302 g/mol. The molecule has 1 aromatic heterocycles. The van der Waals surface area contributed by atoms with Gasteiger partial charge in [-0.05, 0) is 26.7 Å². The zero-order chi connectivity index (χ0) is 14.0. The number of amides is 1. The lowest BCUT2D eigenvalue weighted by Gasteiger charge is -2.27. The van der Waals surface area contributed by atoms with Crippen molar-refractivity contribution in [3.8, 4) is 0 Å². The Morgan fingerprint density at radius 1 is 1.60 bits per heavy atom. The van der Waals surface area contributed by atoms with Gasteiger partial charge < -0.3 is 15.4 Å². The number of likely N-dealkylation sites (tertiary alicyclic amines) is 1. The van der Waals surface area contributed by atoms with Gasteiger partial charge >= 0.3 is 0 Å². The van der Waals surface area contributed by atoms with Gasteiger partial charge in [0.25, 0.3) is 0 Å². The topological polar surface area (TPSA) is 84.2 Å². The van der Waals surface area contributed by atoms with Crippen molar-refractivity contribution in [2.45, 2.75) is 38.8 Å². The van der Waals surface area contributed by atoms with E-state index in [-0.39, 0.29) is 31.0 Å². The minimum atomic E-state index is -0.585. The van der Waals surface area contributed by atoms with Crippen LogP contribution < -0.4 is 5.73 Å². The van der Waals surface area contributed by atoms with Gasteiger partial charge in [-0.15, -0.1) is 12.4 Å². The first kappa shape index (κ1) is 16.9. The number of nitrogens with zero attached hydrogens (tertiary/aromatic N) is 2. The number of methoxy groups -OCH3 is 1. The van der Waals surface area contributed by atoms with E-state index >= 15 is 0 Å². The van der Waals surface area contributed by atoms with E-state index in [2.05, 4.69) is 10.2 Å². The van der Waals surface area contributed by atoms with Gasteiger partial charge in [-0.25, -0.2) is 0 Å². The summed E-state index contributed by atoms with van der Waals surface area (Å²) in [6, 6.07) is -0.493. The number of nitrogens with one attached hydrogen (secondary N) is 1. The molecule has 1 aromatic rings. The summed E-state index contributed by atoms with van der Waals surface area (Å²) in [6.07, 6.45) is 1.97. The number of hydrogen-bond donors (Lipinski definition) is 2. The van der Waals surface area contributed by atoms with Gasteiger partial charge in [0.1, 0.15) is 6.04 Å². The van der Waals surface area contributed by atoms with Crippen LogP contribution in [0.1, 0.15) is 35.8 Å². The quantitative estimate of drug-likeness (QED) is 0.872. The molecule has 20 heavy (non-hydrogen) atoms. The van der Waals surface area contributed by atoms with Gasteiger partial charge in [0.15, 0.2) is 0 Å². The third kappa shape index (κ3) is 3.13. The molecule has 0 saturated carbocycles. The van der Waals surface area contributed by atoms with Gasteiger partial charge in [-0.2, -0.15) is 5.10 Å². The summed E-state index contributed by atoms with van der Waals surface area (Å²) in [4.78, 5) is 14.2. The lowest BCUT2D eigenvalue weighted by molar-refractivity contribution is -0.134. The minimum absolute atomic E-state index is 0. The average Bonchev–Trinajstić information content (AvgIpc) is 2.96. The highest BCUT2D eigenvalue weighted by atomic mass is 35.5. The van der Waals surface area contributed by atoms with Crippen molar-refractivity contribution < 1.29 is 9.53 Å². The number of hydrogen-bond acceptors (Lipinski definition) is 4. The highest BCUT2D eigenvalue weighted by Gasteiger charge is 2.34. The number of halogens is 1. The molecule has 7 heteroatoms. The molecule has 1 amide bonds. The first-order valence-corrected chi connectivity index (χ1v) is 6.62. The van der Waals surface area contributed by atoms with Crippen LogP contribution in [-0.2, 0) is 9.53 Å². The summed E-state index contributed by atoms with van der Waals surface area (Å²) >= 11 is 0. The minimum Gasteiger partial charge on any atom is -0.383 e. The van der Waals surface area contributed by atoms with Crippen molar-refractivity contribution in [2.75, 3.05) is 20.3 Å². The SMILES string of the molecule is COCC(N)C(=O)N1CCCC1c1c(C)n[nH]c1C.Cl. The third-order valence-corrected chi connectivity index (χ3v) is 3.72. The Hall–Kier alpha value is -1.11. The van der Waals surface area contributed by atoms with Crippen LogP contribution in [0.2, 0.25) is 0 Å². The number of aryl methyl sites for hydroxylation is 2. The molecule has 0 aliphatic carbocycles. The number of aromatic nitrogens is 2. The molecule has 0 aromatic carbocycles. The van der Waals surface area contributed by atoms with Crippen LogP contribution in [-0.4, -0.2) is 47.3 Å². The van der Waals surface area contributed by atoms with E-state index in [1.807, 2.05) is 18.7 Å². The summed E-state index contributed by atoms with van der Waals surface area (Å²) in [5, 5.41) is 7.20. The van der Waals surface area contributed by atoms with E-state index in [9.17, 15) is 4.79 Å². The van der Waals surface area contributed by atoms with E-state index < -0.39 is 6.04 Å². The van der Waals surface area contributed by atoms with Crippen LogP contribution in [0, 0.1) is 13.8 Å². The number of rotatable bonds is 4. The van der Waals surface area contributed by atoms with E-state index in [4.69, 9.17) is 10.5 Å². The van der Waals surface area contributed by atoms with Crippen LogP contribution in [0.3, 0.4) is 0 Å². The number of H-pyrrole nitrogens is 1. The zero-order valence-electron chi connectivity index (χ0n) is 12.2. The predicted octanol–water partition coefficient (Wildman–Crippen LogP) is 1.09. The van der Waals surface area contributed by atoms with E-state index in [0.717, 1.165) is 36.3 Å². The second kappa shape index (κ2) is 7.06. The lowest BCUT2D eigenvalue weighted by Crippen LogP contribution is -2.45. The fraction of sp³-hybridized carbons (Fsp3) is 0.692. The fourth-order valence-corrected chi connectivity index (χ4v) is 2.85. The molecule has 3 N–H and O–H groups in total. The van der Waals surface area contributed by atoms with Crippen molar-refractivity contribution in [3.63, 3.8) is 0 Å². The van der Waals surface area contributed by atoms with Gasteiger partial charge in [-0.3, -0.25) is 9.89 Å². The summed E-state index contributed by atoms with van der Waals surface area (Å²) in [5.74, 6) is -0.0376. The molecule has 2 unspecified atom stereocenters. The van der Waals surface area contributed by atoms with Crippen molar-refractivity contribution >= 4 is 18.3 Å². The van der Waals surface area contributed by atoms with Gasteiger partial charge in [0.05, 0.1) is 18.3 Å². The summed E-state index contributed by atoms with van der Waals surface area (Å²) in [6.45, 7) is 4.97. The number of ether oxygens (including phenoxy) is 1. The Balaban J connectivity index is 0.00000200. The van der Waals surface area contributed by atoms with Gasteiger partial charge in [-0.1, -0.05) is 0 Å². The van der Waals surface area contributed by atoms with Crippen LogP contribution >= 0.6 is 12.4 Å². The third-order valence-electron chi connectivity index (χ3n) is 3.72. The van der Waals surface area contributed by atoms with Crippen LogP contribution in [0.25, 0.3) is 0 Å². The lowest BCUT2D eigenvalue weighted by atomic mass is 10.0. The molecule has 1 aliphatic heterocycles. The molecule has 1 fully saturated rings. The molecule has 1 saturated heterocycles. The summed E-state index contributed by atoms with van der Waals surface area (Å²) in [5.41, 5.74) is 8.99. The molecule has 6 nitrogen and oxygen atoms in total. The maximum atomic E-state index is 12.4. The zero-order valence-corrected chi connectivity index (χ0v) is 13.0. The van der Waals surface area contributed by atoms with Crippen LogP contribution in [0.5, 0.6) is 0 Å². The fourth-order valence-electron chi connectivity index (χ4n) is 2.85. The predicted molar refractivity (Wildman–Crippen MR) is 78.8 cm³/mol. The second-order valence-corrected chi connectivity index (χ2v) is 5.10. The normalized spacial score (nSPS) is 19.8. The van der Waals surface area contributed by atoms with E-state index in [1.54, 1.807) is 7.11 Å². The Morgan fingerprint density at radius 3 is 2.85 bits per heavy atom. The van der Waals surface area contributed by atoms with Crippen molar-refractivity contribution in [2.24, 2.45) is 5.73 Å². The van der Waals surface area contributed by atoms with Crippen LogP contribution in [0.15, 0.2) is 0 Å². The summed E-state index contributed by atoms with van der Waals surface area (Å²) in [7, 11) is 1.55. The van der Waals surface area contributed by atoms with E-state index in [0.29, 0.717) is 0 Å². The number of nitrogens with two attached hydrogens (primary N) is 1. The van der Waals surface area contributed by atoms with Crippen molar-refractivity contribution in [3.05, 3.63) is 17.0 Å². The Bertz CT molecular complexity index is 444. The first-order valence-electron chi connectivity index (χ1n) is 6.62. The maximum absolute atomic E-state index is 12.4. The Morgan fingerprint density at radius 2 is 2.30 bits per heavy atom. The molecule has 2 rings (SSSR count).